The summed E-state index contributed by atoms with van der Waals surface area (Å²) in [5, 5.41) is 0. The van der Waals surface area contributed by atoms with Gasteiger partial charge >= 0.3 is 0 Å². The summed E-state index contributed by atoms with van der Waals surface area (Å²) in [5.74, 6) is 0.423. The zero-order valence-corrected chi connectivity index (χ0v) is 8.08. The first-order valence-corrected chi connectivity index (χ1v) is 4.82. The first-order chi connectivity index (χ1) is 6.24. The summed E-state index contributed by atoms with van der Waals surface area (Å²) >= 11 is 0. The van der Waals surface area contributed by atoms with E-state index in [4.69, 9.17) is 5.73 Å². The highest BCUT2D eigenvalue weighted by molar-refractivity contribution is 5.80. The van der Waals surface area contributed by atoms with Crippen molar-refractivity contribution in [2.75, 3.05) is 7.11 Å². The Hall–Kier alpha value is -0.610. The highest BCUT2D eigenvalue weighted by atomic mass is 16.6. The molecule has 0 heterocycles. The van der Waals surface area contributed by atoms with Gasteiger partial charge in [-0.25, -0.2) is 5.48 Å². The Labute approximate surface area is 78.8 Å². The molecule has 0 saturated heterocycles. The lowest BCUT2D eigenvalue weighted by Gasteiger charge is -2.14. The minimum Gasteiger partial charge on any atom is -0.320 e. The van der Waals surface area contributed by atoms with Crippen LogP contribution in [0.4, 0.5) is 0 Å². The molecule has 0 aliphatic heterocycles. The van der Waals surface area contributed by atoms with Gasteiger partial charge in [0.25, 0.3) is 5.91 Å². The number of amides is 1. The van der Waals surface area contributed by atoms with Crippen LogP contribution in [0.15, 0.2) is 0 Å². The maximum absolute atomic E-state index is 11.2. The Kier molecular flexibility index (Phi) is 4.18. The van der Waals surface area contributed by atoms with Gasteiger partial charge in [-0.05, 0) is 12.3 Å². The molecule has 0 bridgehead atoms. The number of hydroxylamine groups is 1. The molecule has 0 aromatic carbocycles. The minimum absolute atomic E-state index is 0.214. The van der Waals surface area contributed by atoms with Crippen molar-refractivity contribution in [3.05, 3.63) is 0 Å². The van der Waals surface area contributed by atoms with Crippen molar-refractivity contribution in [2.24, 2.45) is 11.7 Å². The van der Waals surface area contributed by atoms with E-state index in [0.717, 1.165) is 6.42 Å². The van der Waals surface area contributed by atoms with E-state index >= 15 is 0 Å². The normalized spacial score (nSPS) is 20.2. The highest BCUT2D eigenvalue weighted by Crippen LogP contribution is 2.28. The van der Waals surface area contributed by atoms with Crippen LogP contribution in [0.5, 0.6) is 0 Å². The fourth-order valence-electron chi connectivity index (χ4n) is 1.89. The monoisotopic (exact) mass is 186 g/mol. The molecule has 0 radical (unpaired) electrons. The van der Waals surface area contributed by atoms with Crippen LogP contribution in [0.2, 0.25) is 0 Å². The second kappa shape index (κ2) is 5.19. The molecule has 76 valence electrons. The Morgan fingerprint density at radius 1 is 1.62 bits per heavy atom. The summed E-state index contributed by atoms with van der Waals surface area (Å²) in [6.45, 7) is 0. The second-order valence-electron chi connectivity index (χ2n) is 3.66. The molecular formula is C9H18N2O2. The molecule has 1 aliphatic carbocycles. The molecular weight excluding hydrogens is 168 g/mol. The van der Waals surface area contributed by atoms with E-state index in [9.17, 15) is 4.79 Å². The van der Waals surface area contributed by atoms with E-state index in [1.54, 1.807) is 0 Å². The number of carbonyl (C=O) groups is 1. The SMILES string of the molecule is CONC(=O)[C@@H](N)CC1CCCC1. The molecule has 1 amide bonds. The van der Waals surface area contributed by atoms with Gasteiger partial charge in [-0.15, -0.1) is 0 Å². The molecule has 4 nitrogen and oxygen atoms in total. The van der Waals surface area contributed by atoms with Gasteiger partial charge in [0.05, 0.1) is 13.2 Å². The lowest BCUT2D eigenvalue weighted by atomic mass is 9.99. The topological polar surface area (TPSA) is 64.3 Å². The molecule has 0 aromatic rings. The fourth-order valence-corrected chi connectivity index (χ4v) is 1.89. The molecule has 0 unspecified atom stereocenters. The fraction of sp³-hybridized carbons (Fsp3) is 0.889. The highest BCUT2D eigenvalue weighted by Gasteiger charge is 2.21. The summed E-state index contributed by atoms with van der Waals surface area (Å²) in [6, 6.07) is -0.414. The Morgan fingerprint density at radius 3 is 2.77 bits per heavy atom. The van der Waals surface area contributed by atoms with Crippen molar-refractivity contribution >= 4 is 5.91 Å². The molecule has 1 atom stereocenters. The van der Waals surface area contributed by atoms with E-state index in [0.29, 0.717) is 5.92 Å². The molecule has 1 fully saturated rings. The van der Waals surface area contributed by atoms with Gasteiger partial charge in [0.15, 0.2) is 0 Å². The van der Waals surface area contributed by atoms with Crippen LogP contribution in [-0.2, 0) is 9.63 Å². The summed E-state index contributed by atoms with van der Waals surface area (Å²) in [5.41, 5.74) is 7.95. The maximum atomic E-state index is 11.2. The largest absolute Gasteiger partial charge is 0.320 e. The number of hydrogen-bond donors (Lipinski definition) is 2. The third-order valence-electron chi connectivity index (χ3n) is 2.60. The number of nitrogens with two attached hydrogens (primary N) is 1. The molecule has 3 N–H and O–H groups in total. The van der Waals surface area contributed by atoms with Gasteiger partial charge in [-0.2, -0.15) is 0 Å². The summed E-state index contributed by atoms with van der Waals surface area (Å²) in [7, 11) is 1.42. The quantitative estimate of drug-likeness (QED) is 0.631. The minimum atomic E-state index is -0.414. The van der Waals surface area contributed by atoms with Gasteiger partial charge in [0.2, 0.25) is 0 Å². The van der Waals surface area contributed by atoms with E-state index in [1.165, 1.54) is 32.8 Å². The molecule has 0 aromatic heterocycles. The molecule has 1 aliphatic rings. The predicted octanol–water partition coefficient (Wildman–Crippen LogP) is 0.572. The summed E-state index contributed by atoms with van der Waals surface area (Å²) in [4.78, 5) is 15.7. The lowest BCUT2D eigenvalue weighted by Crippen LogP contribution is -2.41. The van der Waals surface area contributed by atoms with Gasteiger partial charge in [-0.1, -0.05) is 25.7 Å². The van der Waals surface area contributed by atoms with Crippen LogP contribution in [0.25, 0.3) is 0 Å². The van der Waals surface area contributed by atoms with Gasteiger partial charge in [-0.3, -0.25) is 9.63 Å². The summed E-state index contributed by atoms with van der Waals surface area (Å²) in [6.07, 6.45) is 5.78. The van der Waals surface area contributed by atoms with Crippen molar-refractivity contribution in [3.63, 3.8) is 0 Å². The maximum Gasteiger partial charge on any atom is 0.260 e. The Bertz CT molecular complexity index is 167. The zero-order valence-electron chi connectivity index (χ0n) is 8.08. The Morgan fingerprint density at radius 2 is 2.23 bits per heavy atom. The zero-order chi connectivity index (χ0) is 9.68. The predicted molar refractivity (Wildman–Crippen MR) is 49.7 cm³/mol. The molecule has 13 heavy (non-hydrogen) atoms. The van der Waals surface area contributed by atoms with Crippen LogP contribution >= 0.6 is 0 Å². The van der Waals surface area contributed by atoms with E-state index in [1.807, 2.05) is 0 Å². The van der Waals surface area contributed by atoms with Crippen LogP contribution in [0.3, 0.4) is 0 Å². The van der Waals surface area contributed by atoms with Crippen molar-refractivity contribution < 1.29 is 9.63 Å². The third-order valence-corrected chi connectivity index (χ3v) is 2.60. The van der Waals surface area contributed by atoms with Crippen molar-refractivity contribution in [1.82, 2.24) is 5.48 Å². The van der Waals surface area contributed by atoms with Crippen molar-refractivity contribution in [3.8, 4) is 0 Å². The van der Waals surface area contributed by atoms with Crippen LogP contribution < -0.4 is 11.2 Å². The number of carbonyl (C=O) groups excluding carboxylic acids is 1. The average molecular weight is 186 g/mol. The average Bonchev–Trinajstić information content (AvgIpc) is 2.57. The first-order valence-electron chi connectivity index (χ1n) is 4.82. The van der Waals surface area contributed by atoms with Crippen molar-refractivity contribution in [1.29, 1.82) is 0 Å². The number of nitrogens with one attached hydrogen (secondary N) is 1. The smallest absolute Gasteiger partial charge is 0.260 e. The van der Waals surface area contributed by atoms with E-state index in [-0.39, 0.29) is 5.91 Å². The first kappa shape index (κ1) is 10.5. The van der Waals surface area contributed by atoms with Crippen molar-refractivity contribution in [2.45, 2.75) is 38.1 Å². The molecule has 1 rings (SSSR count). The lowest BCUT2D eigenvalue weighted by molar-refractivity contribution is -0.133. The molecule has 4 heteroatoms. The van der Waals surface area contributed by atoms with Gasteiger partial charge in [0.1, 0.15) is 0 Å². The van der Waals surface area contributed by atoms with Gasteiger partial charge in [0, 0.05) is 0 Å². The number of hydrogen-bond acceptors (Lipinski definition) is 3. The summed E-state index contributed by atoms with van der Waals surface area (Å²) < 4.78 is 0. The standard InChI is InChI=1S/C9H18N2O2/c1-13-11-9(12)8(10)6-7-4-2-3-5-7/h7-8H,2-6,10H2,1H3,(H,11,12)/t8-/m0/s1. The number of rotatable bonds is 4. The second-order valence-corrected chi connectivity index (χ2v) is 3.66. The molecule has 0 spiro atoms. The van der Waals surface area contributed by atoms with Crippen LogP contribution in [0.1, 0.15) is 32.1 Å². The van der Waals surface area contributed by atoms with Crippen LogP contribution in [-0.4, -0.2) is 19.1 Å². The Balaban J connectivity index is 2.22. The van der Waals surface area contributed by atoms with E-state index in [2.05, 4.69) is 10.3 Å². The third kappa shape index (κ3) is 3.32. The van der Waals surface area contributed by atoms with Crippen LogP contribution in [0, 0.1) is 5.92 Å². The van der Waals surface area contributed by atoms with Gasteiger partial charge < -0.3 is 5.73 Å². The molecule has 1 saturated carbocycles. The van der Waals surface area contributed by atoms with E-state index < -0.39 is 6.04 Å².